The maximum absolute atomic E-state index is 14.7. The topological polar surface area (TPSA) is 58.2 Å². The Bertz CT molecular complexity index is 2040. The van der Waals surface area contributed by atoms with Crippen molar-refractivity contribution in [2.45, 2.75) is 30.8 Å². The maximum atomic E-state index is 14.7. The number of benzene rings is 6. The third kappa shape index (κ3) is 5.23. The van der Waals surface area contributed by atoms with Crippen LogP contribution >= 0.6 is 7.92 Å². The summed E-state index contributed by atoms with van der Waals surface area (Å²) >= 11 is 0. The molecule has 3 aliphatic carbocycles. The average molecular weight is 643 g/mol. The summed E-state index contributed by atoms with van der Waals surface area (Å²) in [6.45, 7) is 1.96. The second kappa shape index (κ2) is 12.7. The molecule has 0 unspecified atom stereocenters. The van der Waals surface area contributed by atoms with Crippen LogP contribution < -0.4 is 26.5 Å². The van der Waals surface area contributed by atoms with Crippen molar-refractivity contribution in [1.82, 2.24) is 10.6 Å². The van der Waals surface area contributed by atoms with Crippen molar-refractivity contribution >= 4 is 35.6 Å². The SMILES string of the molecule is Cc1ccccc1C(=O)N[C@@H]1C2c3ccccc3C(c3ccccc32)[C@H]1NC(=O)c1ccccc1P(c1ccccc1)c1ccccc1. The molecule has 9 rings (SSSR count). The summed E-state index contributed by atoms with van der Waals surface area (Å²) in [6, 6.07) is 52.9. The van der Waals surface area contributed by atoms with Crippen molar-refractivity contribution in [2.75, 3.05) is 0 Å². The van der Waals surface area contributed by atoms with E-state index in [1.807, 2.05) is 61.5 Å². The summed E-state index contributed by atoms with van der Waals surface area (Å²) in [4.78, 5) is 28.7. The fourth-order valence-corrected chi connectivity index (χ4v) is 10.2. The molecule has 48 heavy (non-hydrogen) atoms. The second-order valence-electron chi connectivity index (χ2n) is 12.6. The summed E-state index contributed by atoms with van der Waals surface area (Å²) in [5.41, 5.74) is 7.05. The number of carbonyl (C=O) groups is 2. The summed E-state index contributed by atoms with van der Waals surface area (Å²) in [5.74, 6) is -0.489. The number of amides is 2. The molecular formula is C43H35N2O2P. The van der Waals surface area contributed by atoms with Crippen LogP contribution in [-0.2, 0) is 0 Å². The molecule has 5 heteroatoms. The standard InChI is InChI=1S/C43H35N2O2P/c1-28-16-8-9-21-31(28)42(46)44-40-38-32-22-10-12-24-34(32)39(35-25-13-11-23-33(35)38)41(40)45-43(47)36-26-14-15-27-37(36)48(29-17-4-2-5-18-29)30-19-6-3-7-20-30/h2-27,38-41H,1H3,(H,44,46)(H,45,47)/t38?,39?,40-,41-/m1/s1. The van der Waals surface area contributed by atoms with Crippen molar-refractivity contribution in [3.8, 4) is 0 Å². The van der Waals surface area contributed by atoms with Gasteiger partial charge in [0.1, 0.15) is 0 Å². The molecule has 6 aromatic rings. The van der Waals surface area contributed by atoms with E-state index in [0.717, 1.165) is 10.9 Å². The number of hydrogen-bond acceptors (Lipinski definition) is 2. The molecule has 3 aliphatic rings. The van der Waals surface area contributed by atoms with Gasteiger partial charge in [0.05, 0.1) is 12.1 Å². The molecule has 234 valence electrons. The molecule has 2 atom stereocenters. The van der Waals surface area contributed by atoms with Crippen LogP contribution in [0.4, 0.5) is 0 Å². The van der Waals surface area contributed by atoms with Gasteiger partial charge in [-0.05, 0) is 70.7 Å². The first-order chi connectivity index (χ1) is 23.6. The van der Waals surface area contributed by atoms with Crippen LogP contribution in [0.1, 0.15) is 60.4 Å². The highest BCUT2D eigenvalue weighted by atomic mass is 31.1. The lowest BCUT2D eigenvalue weighted by Crippen LogP contribution is -2.62. The van der Waals surface area contributed by atoms with E-state index in [1.165, 1.54) is 32.9 Å². The van der Waals surface area contributed by atoms with Crippen molar-refractivity contribution < 1.29 is 9.59 Å². The first-order valence-corrected chi connectivity index (χ1v) is 17.8. The lowest BCUT2D eigenvalue weighted by atomic mass is 9.59. The second-order valence-corrected chi connectivity index (χ2v) is 14.7. The zero-order valence-electron chi connectivity index (χ0n) is 26.6. The van der Waals surface area contributed by atoms with Gasteiger partial charge < -0.3 is 10.6 Å². The van der Waals surface area contributed by atoms with Crippen molar-refractivity contribution in [3.05, 3.63) is 197 Å². The van der Waals surface area contributed by atoms with Crippen LogP contribution in [0.3, 0.4) is 0 Å². The smallest absolute Gasteiger partial charge is 0.252 e. The predicted octanol–water partition coefficient (Wildman–Crippen LogP) is 6.94. The van der Waals surface area contributed by atoms with Crippen LogP contribution in [0, 0.1) is 6.92 Å². The van der Waals surface area contributed by atoms with Crippen molar-refractivity contribution in [3.63, 3.8) is 0 Å². The molecule has 2 amide bonds. The Morgan fingerprint density at radius 2 is 0.833 bits per heavy atom. The molecule has 6 aromatic carbocycles. The summed E-state index contributed by atoms with van der Waals surface area (Å²) < 4.78 is 0. The maximum Gasteiger partial charge on any atom is 0.252 e. The quantitative estimate of drug-likeness (QED) is 0.186. The van der Waals surface area contributed by atoms with E-state index in [4.69, 9.17) is 0 Å². The fourth-order valence-electron chi connectivity index (χ4n) is 7.75. The van der Waals surface area contributed by atoms with Crippen LogP contribution in [0.2, 0.25) is 0 Å². The van der Waals surface area contributed by atoms with Gasteiger partial charge in [-0.15, -0.1) is 0 Å². The molecular weight excluding hydrogens is 607 g/mol. The van der Waals surface area contributed by atoms with Crippen LogP contribution in [-0.4, -0.2) is 23.9 Å². The zero-order valence-corrected chi connectivity index (χ0v) is 27.5. The van der Waals surface area contributed by atoms with E-state index in [0.29, 0.717) is 11.1 Å². The van der Waals surface area contributed by atoms with Crippen molar-refractivity contribution in [2.24, 2.45) is 0 Å². The molecule has 0 radical (unpaired) electrons. The van der Waals surface area contributed by atoms with Crippen molar-refractivity contribution in [1.29, 1.82) is 0 Å². The molecule has 0 spiro atoms. The minimum atomic E-state index is -1.00. The molecule has 2 bridgehead atoms. The predicted molar refractivity (Wildman–Crippen MR) is 195 cm³/mol. The molecule has 0 aromatic heterocycles. The summed E-state index contributed by atoms with van der Waals surface area (Å²) in [6.07, 6.45) is 0. The van der Waals surface area contributed by atoms with E-state index in [9.17, 15) is 9.59 Å². The highest BCUT2D eigenvalue weighted by Crippen LogP contribution is 2.53. The van der Waals surface area contributed by atoms with Crippen LogP contribution in [0.15, 0.2) is 158 Å². The highest BCUT2D eigenvalue weighted by Gasteiger charge is 2.51. The van der Waals surface area contributed by atoms with Gasteiger partial charge in [0.2, 0.25) is 0 Å². The third-order valence-corrected chi connectivity index (χ3v) is 12.3. The summed E-state index contributed by atoms with van der Waals surface area (Å²) in [5, 5.41) is 10.3. The minimum absolute atomic E-state index is 0.110. The Hall–Kier alpha value is -5.31. The Labute approximate surface area is 282 Å². The Morgan fingerprint density at radius 1 is 0.458 bits per heavy atom. The van der Waals surface area contributed by atoms with Gasteiger partial charge in [0, 0.05) is 23.0 Å². The number of aryl methyl sites for hydroxylation is 1. The lowest BCUT2D eigenvalue weighted by molar-refractivity contribution is 0.0858. The number of rotatable bonds is 7. The highest BCUT2D eigenvalue weighted by molar-refractivity contribution is 7.80. The Balaban J connectivity index is 1.23. The van der Waals surface area contributed by atoms with Gasteiger partial charge in [-0.25, -0.2) is 0 Å². The number of hydrogen-bond donors (Lipinski definition) is 2. The molecule has 0 aliphatic heterocycles. The van der Waals surface area contributed by atoms with Crippen LogP contribution in [0.25, 0.3) is 0 Å². The first kappa shape index (κ1) is 30.1. The van der Waals surface area contributed by atoms with Gasteiger partial charge in [-0.1, -0.05) is 146 Å². The van der Waals surface area contributed by atoms with E-state index in [2.05, 4.69) is 114 Å². The monoisotopic (exact) mass is 642 g/mol. The lowest BCUT2D eigenvalue weighted by Gasteiger charge is -2.51. The van der Waals surface area contributed by atoms with E-state index in [-0.39, 0.29) is 35.7 Å². The van der Waals surface area contributed by atoms with Gasteiger partial charge in [-0.2, -0.15) is 0 Å². The molecule has 4 nitrogen and oxygen atoms in total. The van der Waals surface area contributed by atoms with Gasteiger partial charge in [-0.3, -0.25) is 9.59 Å². The third-order valence-electron chi connectivity index (χ3n) is 9.84. The van der Waals surface area contributed by atoms with E-state index >= 15 is 0 Å². The number of fused-ring (bicyclic) bond motifs is 1. The molecule has 0 saturated carbocycles. The van der Waals surface area contributed by atoms with Gasteiger partial charge >= 0.3 is 0 Å². The Morgan fingerprint density at radius 3 is 1.31 bits per heavy atom. The largest absolute Gasteiger partial charge is 0.346 e. The van der Waals surface area contributed by atoms with Gasteiger partial charge in [0.15, 0.2) is 0 Å². The minimum Gasteiger partial charge on any atom is -0.346 e. The van der Waals surface area contributed by atoms with E-state index in [1.54, 1.807) is 0 Å². The molecule has 0 fully saturated rings. The number of carbonyl (C=O) groups excluding carboxylic acids is 2. The fraction of sp³-hybridized carbons (Fsp3) is 0.116. The molecule has 0 heterocycles. The zero-order chi connectivity index (χ0) is 32.6. The first-order valence-electron chi connectivity index (χ1n) is 16.4. The molecule has 0 saturated heterocycles. The van der Waals surface area contributed by atoms with E-state index < -0.39 is 7.92 Å². The normalized spacial score (nSPS) is 18.9. The summed E-state index contributed by atoms with van der Waals surface area (Å²) in [7, 11) is -1.00. The number of nitrogens with one attached hydrogen (secondary N) is 2. The van der Waals surface area contributed by atoms with Gasteiger partial charge in [0.25, 0.3) is 11.8 Å². The molecule has 2 N–H and O–H groups in total. The average Bonchev–Trinajstić information content (AvgIpc) is 3.13. The van der Waals surface area contributed by atoms with Crippen LogP contribution in [0.5, 0.6) is 0 Å². The Kier molecular flexibility index (Phi) is 7.96.